The summed E-state index contributed by atoms with van der Waals surface area (Å²) < 4.78 is 13.3. The summed E-state index contributed by atoms with van der Waals surface area (Å²) in [5.41, 5.74) is 1.07. The van der Waals surface area contributed by atoms with Crippen molar-refractivity contribution >= 4 is 11.7 Å². The predicted molar refractivity (Wildman–Crippen MR) is 110 cm³/mol. The van der Waals surface area contributed by atoms with Crippen molar-refractivity contribution in [1.82, 2.24) is 20.4 Å². The molecule has 1 aromatic heterocycles. The number of rotatable bonds is 6. The van der Waals surface area contributed by atoms with Crippen LogP contribution in [0.15, 0.2) is 42.6 Å². The lowest BCUT2D eigenvalue weighted by molar-refractivity contribution is -0.122. The first kappa shape index (κ1) is 19.8. The van der Waals surface area contributed by atoms with Crippen molar-refractivity contribution in [2.45, 2.75) is 31.1 Å². The predicted octanol–water partition coefficient (Wildman–Crippen LogP) is 2.37. The Morgan fingerprint density at radius 2 is 1.79 bits per heavy atom. The monoisotopic (exact) mass is 397 g/mol. The van der Waals surface area contributed by atoms with Crippen molar-refractivity contribution in [1.29, 1.82) is 0 Å². The second-order valence-corrected chi connectivity index (χ2v) is 8.12. The third-order valence-electron chi connectivity index (χ3n) is 6.26. The summed E-state index contributed by atoms with van der Waals surface area (Å²) >= 11 is 0. The van der Waals surface area contributed by atoms with Crippen molar-refractivity contribution in [3.63, 3.8) is 0 Å². The topological polar surface area (TPSA) is 61.4 Å². The molecular weight excluding hydrogens is 369 g/mol. The number of amides is 1. The molecule has 7 heteroatoms. The highest BCUT2D eigenvalue weighted by atomic mass is 19.1. The average Bonchev–Trinajstić information content (AvgIpc) is 3.24. The molecular formula is C22H28FN5O. The Morgan fingerprint density at radius 1 is 1.07 bits per heavy atom. The van der Waals surface area contributed by atoms with Crippen LogP contribution < -0.4 is 10.2 Å². The minimum absolute atomic E-state index is 0.0614. The third kappa shape index (κ3) is 4.72. The summed E-state index contributed by atoms with van der Waals surface area (Å²) in [5.74, 6) is 0.733. The molecule has 4 rings (SSSR count). The van der Waals surface area contributed by atoms with E-state index in [2.05, 4.69) is 25.3 Å². The molecule has 1 aliphatic heterocycles. The molecule has 1 amide bonds. The number of nitrogens with zero attached hydrogens (tertiary/aromatic N) is 4. The highest BCUT2D eigenvalue weighted by molar-refractivity contribution is 5.78. The number of carbonyl (C=O) groups is 1. The van der Waals surface area contributed by atoms with E-state index in [1.807, 2.05) is 24.3 Å². The van der Waals surface area contributed by atoms with Crippen LogP contribution in [-0.4, -0.2) is 60.3 Å². The fraction of sp³-hybridized carbons (Fsp3) is 0.500. The van der Waals surface area contributed by atoms with Gasteiger partial charge in [-0.1, -0.05) is 25.0 Å². The van der Waals surface area contributed by atoms with Gasteiger partial charge in [0.05, 0.1) is 6.54 Å². The summed E-state index contributed by atoms with van der Waals surface area (Å²) in [5, 5.41) is 11.3. The maximum Gasteiger partial charge on any atom is 0.234 e. The van der Waals surface area contributed by atoms with Crippen LogP contribution in [0.4, 0.5) is 10.2 Å². The van der Waals surface area contributed by atoms with Crippen LogP contribution in [0, 0.1) is 5.82 Å². The fourth-order valence-electron chi connectivity index (χ4n) is 4.55. The molecule has 0 bridgehead atoms. The Bertz CT molecular complexity index is 800. The van der Waals surface area contributed by atoms with Crippen molar-refractivity contribution < 1.29 is 9.18 Å². The summed E-state index contributed by atoms with van der Waals surface area (Å²) in [6.45, 7) is 4.36. The molecule has 6 nitrogen and oxygen atoms in total. The number of piperazine rings is 1. The first-order chi connectivity index (χ1) is 14.1. The van der Waals surface area contributed by atoms with E-state index in [1.165, 1.54) is 12.1 Å². The largest absolute Gasteiger partial charge is 0.354 e. The van der Waals surface area contributed by atoms with Gasteiger partial charge in [0.1, 0.15) is 5.82 Å². The van der Waals surface area contributed by atoms with Crippen LogP contribution in [0.5, 0.6) is 0 Å². The van der Waals surface area contributed by atoms with Crippen LogP contribution in [0.1, 0.15) is 31.2 Å². The fourth-order valence-corrected chi connectivity index (χ4v) is 4.55. The Kier molecular flexibility index (Phi) is 6.04. The summed E-state index contributed by atoms with van der Waals surface area (Å²) in [4.78, 5) is 17.0. The van der Waals surface area contributed by atoms with Crippen LogP contribution >= 0.6 is 0 Å². The Morgan fingerprint density at radius 3 is 2.45 bits per heavy atom. The number of hydrogen-bond donors (Lipinski definition) is 1. The van der Waals surface area contributed by atoms with Gasteiger partial charge < -0.3 is 10.2 Å². The molecule has 1 aliphatic carbocycles. The number of anilines is 1. The van der Waals surface area contributed by atoms with E-state index in [0.717, 1.165) is 63.2 Å². The first-order valence-corrected chi connectivity index (χ1v) is 10.4. The Balaban J connectivity index is 1.28. The van der Waals surface area contributed by atoms with Crippen LogP contribution in [0.3, 0.4) is 0 Å². The van der Waals surface area contributed by atoms with Gasteiger partial charge in [-0.05, 0) is 42.7 Å². The summed E-state index contributed by atoms with van der Waals surface area (Å²) in [7, 11) is 0. The third-order valence-corrected chi connectivity index (χ3v) is 6.26. The molecule has 2 heterocycles. The van der Waals surface area contributed by atoms with Gasteiger partial charge in [-0.2, -0.15) is 5.10 Å². The Hall–Kier alpha value is -2.54. The van der Waals surface area contributed by atoms with Crippen LogP contribution in [-0.2, 0) is 10.2 Å². The van der Waals surface area contributed by atoms with E-state index in [4.69, 9.17) is 0 Å². The SMILES string of the molecule is O=C(CN1CCN(c2cccnn2)CC1)NCC1(c2ccc(F)cc2)CCCC1. The lowest BCUT2D eigenvalue weighted by Gasteiger charge is -2.35. The molecule has 2 aliphatic rings. The van der Waals surface area contributed by atoms with Gasteiger partial charge in [0, 0.05) is 44.3 Å². The molecule has 0 unspecified atom stereocenters. The van der Waals surface area contributed by atoms with Crippen LogP contribution in [0.25, 0.3) is 0 Å². The molecule has 1 N–H and O–H groups in total. The number of hydrogen-bond acceptors (Lipinski definition) is 5. The van der Waals surface area contributed by atoms with Gasteiger partial charge >= 0.3 is 0 Å². The molecule has 1 aromatic carbocycles. The second-order valence-electron chi connectivity index (χ2n) is 8.12. The molecule has 1 saturated carbocycles. The van der Waals surface area contributed by atoms with E-state index in [1.54, 1.807) is 6.20 Å². The molecule has 0 radical (unpaired) electrons. The van der Waals surface area contributed by atoms with E-state index in [9.17, 15) is 9.18 Å². The van der Waals surface area contributed by atoms with Crippen LogP contribution in [0.2, 0.25) is 0 Å². The zero-order chi connectivity index (χ0) is 20.1. The maximum atomic E-state index is 13.3. The van der Waals surface area contributed by atoms with Crippen molar-refractivity contribution in [2.24, 2.45) is 0 Å². The van der Waals surface area contributed by atoms with Gasteiger partial charge in [-0.15, -0.1) is 5.10 Å². The van der Waals surface area contributed by atoms with Crippen molar-refractivity contribution in [2.75, 3.05) is 44.2 Å². The van der Waals surface area contributed by atoms with E-state index < -0.39 is 0 Å². The summed E-state index contributed by atoms with van der Waals surface area (Å²) in [6, 6.07) is 10.6. The first-order valence-electron chi connectivity index (χ1n) is 10.4. The lowest BCUT2D eigenvalue weighted by Crippen LogP contribution is -2.50. The number of aromatic nitrogens is 2. The molecule has 29 heavy (non-hydrogen) atoms. The van der Waals surface area contributed by atoms with E-state index in [-0.39, 0.29) is 17.1 Å². The smallest absolute Gasteiger partial charge is 0.234 e. The minimum atomic E-state index is -0.216. The quantitative estimate of drug-likeness (QED) is 0.811. The minimum Gasteiger partial charge on any atom is -0.354 e. The zero-order valence-electron chi connectivity index (χ0n) is 16.7. The average molecular weight is 397 g/mol. The van der Waals surface area contributed by atoms with Crippen molar-refractivity contribution in [3.8, 4) is 0 Å². The molecule has 0 spiro atoms. The highest BCUT2D eigenvalue weighted by Gasteiger charge is 2.36. The lowest BCUT2D eigenvalue weighted by atomic mass is 9.79. The standard InChI is InChI=1S/C22H28FN5O/c23-19-7-5-18(6-8-19)22(9-1-2-10-22)17-24-21(29)16-27-12-14-28(15-13-27)20-4-3-11-25-26-20/h3-8,11H,1-2,9-10,12-17H2,(H,24,29). The number of benzene rings is 1. The van der Waals surface area contributed by atoms with Gasteiger partial charge in [0.2, 0.25) is 5.91 Å². The maximum absolute atomic E-state index is 13.3. The summed E-state index contributed by atoms with van der Waals surface area (Å²) in [6.07, 6.45) is 6.05. The van der Waals surface area contributed by atoms with Gasteiger partial charge in [-0.3, -0.25) is 9.69 Å². The van der Waals surface area contributed by atoms with Gasteiger partial charge in [-0.25, -0.2) is 4.39 Å². The molecule has 154 valence electrons. The zero-order valence-corrected chi connectivity index (χ0v) is 16.7. The molecule has 1 saturated heterocycles. The number of nitrogens with one attached hydrogen (secondary N) is 1. The normalized spacial score (nSPS) is 19.3. The number of carbonyl (C=O) groups excluding carboxylic acids is 1. The van der Waals surface area contributed by atoms with E-state index >= 15 is 0 Å². The molecule has 2 aromatic rings. The van der Waals surface area contributed by atoms with E-state index in [0.29, 0.717) is 13.1 Å². The number of halogens is 1. The molecule has 2 fully saturated rings. The van der Waals surface area contributed by atoms with Gasteiger partial charge in [0.25, 0.3) is 0 Å². The highest BCUT2D eigenvalue weighted by Crippen LogP contribution is 2.40. The van der Waals surface area contributed by atoms with Crippen molar-refractivity contribution in [3.05, 3.63) is 54.0 Å². The second kappa shape index (κ2) is 8.86. The van der Waals surface area contributed by atoms with Gasteiger partial charge in [0.15, 0.2) is 5.82 Å². The Labute approximate surface area is 171 Å². The molecule has 0 atom stereocenters.